The molecule has 1 unspecified atom stereocenters. The van der Waals surface area contributed by atoms with Gasteiger partial charge in [0.15, 0.2) is 0 Å². The molecular weight excluding hydrogens is 180 g/mol. The lowest BCUT2D eigenvalue weighted by atomic mass is 10.1. The van der Waals surface area contributed by atoms with Gasteiger partial charge in [-0.05, 0) is 24.8 Å². The third kappa shape index (κ3) is 1.83. The third-order valence-electron chi connectivity index (χ3n) is 2.46. The first-order valence-corrected chi connectivity index (χ1v) is 4.69. The molecule has 0 aromatic carbocycles. The molecule has 1 saturated carbocycles. The first kappa shape index (κ1) is 9.36. The Hall–Kier alpha value is -1.20. The average Bonchev–Trinajstić information content (AvgIpc) is 3.04. The van der Waals surface area contributed by atoms with Gasteiger partial charge in [0.25, 0.3) is 0 Å². The van der Waals surface area contributed by atoms with Crippen LogP contribution in [0.25, 0.3) is 0 Å². The van der Waals surface area contributed by atoms with Crippen LogP contribution in [0.3, 0.4) is 0 Å². The molecule has 5 heteroatoms. The standard InChI is InChI=1S/C9H14N4O/c1-14-8-5-4-7(12-13-8)9(11-10)6-2-3-6/h4-6,9,11H,2-3,10H2,1H3. The fourth-order valence-corrected chi connectivity index (χ4v) is 1.50. The van der Waals surface area contributed by atoms with Crippen LogP contribution in [-0.2, 0) is 0 Å². The Kier molecular flexibility index (Phi) is 2.60. The van der Waals surface area contributed by atoms with Crippen molar-refractivity contribution in [3.63, 3.8) is 0 Å². The molecule has 0 bridgehead atoms. The molecule has 1 aliphatic rings. The van der Waals surface area contributed by atoms with Gasteiger partial charge in [-0.3, -0.25) is 11.3 Å². The van der Waals surface area contributed by atoms with E-state index in [4.69, 9.17) is 10.6 Å². The molecule has 1 heterocycles. The van der Waals surface area contributed by atoms with Gasteiger partial charge in [0.2, 0.25) is 5.88 Å². The summed E-state index contributed by atoms with van der Waals surface area (Å²) in [6.07, 6.45) is 2.42. The smallest absolute Gasteiger partial charge is 0.233 e. The van der Waals surface area contributed by atoms with Gasteiger partial charge in [-0.15, -0.1) is 5.10 Å². The predicted octanol–water partition coefficient (Wildman–Crippen LogP) is 0.400. The molecule has 1 fully saturated rings. The van der Waals surface area contributed by atoms with Gasteiger partial charge in [0.05, 0.1) is 18.8 Å². The van der Waals surface area contributed by atoms with Crippen molar-refractivity contribution >= 4 is 0 Å². The Balaban J connectivity index is 2.13. The fraction of sp³-hybridized carbons (Fsp3) is 0.556. The lowest BCUT2D eigenvalue weighted by Gasteiger charge is -2.13. The SMILES string of the molecule is COc1ccc(C(NN)C2CC2)nn1. The highest BCUT2D eigenvalue weighted by Crippen LogP contribution is 2.39. The van der Waals surface area contributed by atoms with E-state index in [9.17, 15) is 0 Å². The van der Waals surface area contributed by atoms with Crippen LogP contribution in [0.15, 0.2) is 12.1 Å². The number of methoxy groups -OCH3 is 1. The Morgan fingerprint density at radius 2 is 2.29 bits per heavy atom. The average molecular weight is 194 g/mol. The fourth-order valence-electron chi connectivity index (χ4n) is 1.50. The molecule has 1 aromatic rings. The van der Waals surface area contributed by atoms with E-state index in [1.54, 1.807) is 13.2 Å². The first-order valence-electron chi connectivity index (χ1n) is 4.69. The van der Waals surface area contributed by atoms with Crippen molar-refractivity contribution in [2.75, 3.05) is 7.11 Å². The number of aromatic nitrogens is 2. The number of hydrogen-bond donors (Lipinski definition) is 2. The van der Waals surface area contributed by atoms with Crippen LogP contribution in [0.4, 0.5) is 0 Å². The molecule has 0 amide bonds. The van der Waals surface area contributed by atoms with E-state index in [1.807, 2.05) is 6.07 Å². The highest BCUT2D eigenvalue weighted by molar-refractivity contribution is 5.15. The summed E-state index contributed by atoms with van der Waals surface area (Å²) in [6.45, 7) is 0. The third-order valence-corrected chi connectivity index (χ3v) is 2.46. The molecule has 0 spiro atoms. The molecule has 14 heavy (non-hydrogen) atoms. The molecule has 0 aliphatic heterocycles. The second-order valence-corrected chi connectivity index (χ2v) is 3.48. The quantitative estimate of drug-likeness (QED) is 0.536. The van der Waals surface area contributed by atoms with Gasteiger partial charge in [-0.2, -0.15) is 5.10 Å². The zero-order valence-electron chi connectivity index (χ0n) is 8.10. The zero-order valence-corrected chi connectivity index (χ0v) is 8.10. The largest absolute Gasteiger partial charge is 0.480 e. The van der Waals surface area contributed by atoms with Crippen molar-refractivity contribution < 1.29 is 4.74 Å². The maximum atomic E-state index is 5.47. The lowest BCUT2D eigenvalue weighted by molar-refractivity contribution is 0.387. The molecule has 0 saturated heterocycles. The van der Waals surface area contributed by atoms with E-state index in [0.29, 0.717) is 11.8 Å². The van der Waals surface area contributed by atoms with Crippen LogP contribution in [-0.4, -0.2) is 17.3 Å². The molecule has 0 radical (unpaired) electrons. The molecule has 1 aliphatic carbocycles. The van der Waals surface area contributed by atoms with E-state index < -0.39 is 0 Å². The minimum Gasteiger partial charge on any atom is -0.480 e. The normalized spacial score (nSPS) is 17.9. The number of nitrogens with two attached hydrogens (primary N) is 1. The summed E-state index contributed by atoms with van der Waals surface area (Å²) < 4.78 is 4.93. The minimum absolute atomic E-state index is 0.133. The van der Waals surface area contributed by atoms with Gasteiger partial charge in [0, 0.05) is 6.07 Å². The molecule has 3 N–H and O–H groups in total. The number of hydrogen-bond acceptors (Lipinski definition) is 5. The predicted molar refractivity (Wildman–Crippen MR) is 51.4 cm³/mol. The van der Waals surface area contributed by atoms with Gasteiger partial charge >= 0.3 is 0 Å². The molecular formula is C9H14N4O. The molecule has 1 aromatic heterocycles. The van der Waals surface area contributed by atoms with Crippen LogP contribution in [0.1, 0.15) is 24.6 Å². The molecule has 2 rings (SSSR count). The maximum absolute atomic E-state index is 5.47. The van der Waals surface area contributed by atoms with E-state index in [-0.39, 0.29) is 6.04 Å². The van der Waals surface area contributed by atoms with Crippen LogP contribution in [0.5, 0.6) is 5.88 Å². The second kappa shape index (κ2) is 3.89. The van der Waals surface area contributed by atoms with Gasteiger partial charge < -0.3 is 4.74 Å². The second-order valence-electron chi connectivity index (χ2n) is 3.48. The van der Waals surface area contributed by atoms with Crippen LogP contribution in [0, 0.1) is 5.92 Å². The van der Waals surface area contributed by atoms with E-state index in [0.717, 1.165) is 5.69 Å². The molecule has 76 valence electrons. The number of rotatable bonds is 4. The highest BCUT2D eigenvalue weighted by atomic mass is 16.5. The van der Waals surface area contributed by atoms with Gasteiger partial charge in [-0.1, -0.05) is 0 Å². The summed E-state index contributed by atoms with van der Waals surface area (Å²) in [7, 11) is 1.57. The molecule has 5 nitrogen and oxygen atoms in total. The van der Waals surface area contributed by atoms with Gasteiger partial charge in [-0.25, -0.2) is 0 Å². The van der Waals surface area contributed by atoms with Crippen molar-refractivity contribution in [2.45, 2.75) is 18.9 Å². The Bertz CT molecular complexity index is 296. The first-order chi connectivity index (χ1) is 6.85. The van der Waals surface area contributed by atoms with Crippen LogP contribution >= 0.6 is 0 Å². The van der Waals surface area contributed by atoms with Crippen LogP contribution in [0.2, 0.25) is 0 Å². The minimum atomic E-state index is 0.133. The van der Waals surface area contributed by atoms with E-state index in [1.165, 1.54) is 12.8 Å². The number of nitrogens with one attached hydrogen (secondary N) is 1. The summed E-state index contributed by atoms with van der Waals surface area (Å²) in [5, 5.41) is 7.97. The van der Waals surface area contributed by atoms with Gasteiger partial charge in [0.1, 0.15) is 0 Å². The number of hydrazine groups is 1. The van der Waals surface area contributed by atoms with Crippen molar-refractivity contribution in [1.29, 1.82) is 0 Å². The Morgan fingerprint density at radius 1 is 1.50 bits per heavy atom. The highest BCUT2D eigenvalue weighted by Gasteiger charge is 2.32. The summed E-state index contributed by atoms with van der Waals surface area (Å²) >= 11 is 0. The molecule has 1 atom stereocenters. The number of ether oxygens (including phenoxy) is 1. The van der Waals surface area contributed by atoms with Crippen molar-refractivity contribution in [1.82, 2.24) is 15.6 Å². The van der Waals surface area contributed by atoms with E-state index >= 15 is 0 Å². The maximum Gasteiger partial charge on any atom is 0.233 e. The van der Waals surface area contributed by atoms with Crippen molar-refractivity contribution in [3.05, 3.63) is 17.8 Å². The van der Waals surface area contributed by atoms with Crippen LogP contribution < -0.4 is 16.0 Å². The lowest BCUT2D eigenvalue weighted by Crippen LogP contribution is -2.30. The van der Waals surface area contributed by atoms with Crippen molar-refractivity contribution in [3.8, 4) is 5.88 Å². The summed E-state index contributed by atoms with van der Waals surface area (Å²) in [5.41, 5.74) is 3.66. The zero-order chi connectivity index (χ0) is 9.97. The number of nitrogens with zero attached hydrogens (tertiary/aromatic N) is 2. The Morgan fingerprint density at radius 3 is 2.71 bits per heavy atom. The summed E-state index contributed by atoms with van der Waals surface area (Å²) in [5.74, 6) is 6.61. The van der Waals surface area contributed by atoms with Crippen molar-refractivity contribution in [2.24, 2.45) is 11.8 Å². The summed E-state index contributed by atoms with van der Waals surface area (Å²) in [4.78, 5) is 0. The van der Waals surface area contributed by atoms with E-state index in [2.05, 4.69) is 15.6 Å². The summed E-state index contributed by atoms with van der Waals surface area (Å²) in [6, 6.07) is 3.83. The Labute approximate surface area is 82.6 Å². The monoisotopic (exact) mass is 194 g/mol. The topological polar surface area (TPSA) is 73.1 Å².